The molecule has 4 atom stereocenters. The number of hydrogen-bond acceptors (Lipinski definition) is 13. The number of benzene rings is 1. The number of ketones is 2. The molecule has 4 rings (SSSR count). The normalized spacial score (nSPS) is 25.1. The Morgan fingerprint density at radius 3 is 2.26 bits per heavy atom. The van der Waals surface area contributed by atoms with Crippen molar-refractivity contribution in [3.8, 4) is 5.75 Å². The van der Waals surface area contributed by atoms with Crippen molar-refractivity contribution in [1.29, 1.82) is 0 Å². The second kappa shape index (κ2) is 11.5. The van der Waals surface area contributed by atoms with Crippen molar-refractivity contribution in [3.05, 3.63) is 50.0 Å². The average Bonchev–Trinajstić information content (AvgIpc) is 2.84. The number of allylic oxidation sites excluding steroid dienone is 1. The van der Waals surface area contributed by atoms with E-state index < -0.39 is 95.9 Å². The number of anilines is 1. The lowest BCUT2D eigenvalue weighted by Gasteiger charge is -2.50. The number of phenols is 1. The topological polar surface area (TPSA) is 291 Å². The molecule has 17 nitrogen and oxygen atoms in total. The third-order valence-corrected chi connectivity index (χ3v) is 7.60. The molecule has 0 aromatic heterocycles. The molecule has 236 valence electrons. The first-order valence-corrected chi connectivity index (χ1v) is 14.2. The summed E-state index contributed by atoms with van der Waals surface area (Å²) in [4.78, 5) is 51.4. The number of fused-ring (bicyclic) bond motifs is 3. The first-order chi connectivity index (χ1) is 19.6. The van der Waals surface area contributed by atoms with Crippen LogP contribution in [0, 0.1) is 27.9 Å². The van der Waals surface area contributed by atoms with E-state index in [2.05, 4.69) is 5.32 Å². The molecular weight excluding hydrogens is 596 g/mol. The van der Waals surface area contributed by atoms with Gasteiger partial charge in [-0.2, -0.15) is 8.42 Å². The molecule has 0 bridgehead atoms. The fourth-order valence-corrected chi connectivity index (χ4v) is 5.92. The minimum Gasteiger partial charge on any atom is -0.510 e. The van der Waals surface area contributed by atoms with Crippen LogP contribution in [-0.2, 0) is 26.4 Å². The van der Waals surface area contributed by atoms with Gasteiger partial charge in [-0.3, -0.25) is 38.5 Å². The number of aromatic hydroxyl groups is 1. The highest BCUT2D eigenvalue weighted by molar-refractivity contribution is 7.79. The molecule has 0 saturated carbocycles. The molecule has 3 aliphatic carbocycles. The number of hydrogen-bond donors (Lipinski definition) is 8. The summed E-state index contributed by atoms with van der Waals surface area (Å²) in [7, 11) is -1.59. The number of amides is 1. The summed E-state index contributed by atoms with van der Waals surface area (Å²) >= 11 is 0. The number of aliphatic hydroxyl groups is 3. The Morgan fingerprint density at radius 1 is 1.23 bits per heavy atom. The number of phenolic OH excluding ortho intramolecular Hbond substituents is 1. The number of nitro benzene ring substituents is 1. The Labute approximate surface area is 245 Å². The molecular formula is C25H32N4O13S. The van der Waals surface area contributed by atoms with Gasteiger partial charge in [0.1, 0.15) is 17.1 Å². The number of aliphatic hydroxyl groups excluding tert-OH is 2. The Kier molecular flexibility index (Phi) is 8.96. The number of primary amides is 1. The molecule has 0 radical (unpaired) electrons. The minimum atomic E-state index is -4.67. The average molecular weight is 629 g/mol. The SMILES string of the molecule is CC(C)CNc1cc([N+](=O)[O-])c(O)c2c1CC1CC3[C@H](N(C)C)C(O)=C(C(N)=O)C(=O)[C@@]3(O)C(O)=C1C2=O.O=S(=O)(O)O. The summed E-state index contributed by atoms with van der Waals surface area (Å²) in [6.07, 6.45) is -0.0480. The third-order valence-electron chi connectivity index (χ3n) is 7.60. The largest absolute Gasteiger partial charge is 0.510 e. The van der Waals surface area contributed by atoms with E-state index in [0.29, 0.717) is 12.1 Å². The number of nitrogens with zero attached hydrogens (tertiary/aromatic N) is 2. The Balaban J connectivity index is 0.000000934. The summed E-state index contributed by atoms with van der Waals surface area (Å²) in [5, 5.41) is 59.2. The predicted molar refractivity (Wildman–Crippen MR) is 148 cm³/mol. The lowest BCUT2D eigenvalue weighted by atomic mass is 9.58. The van der Waals surface area contributed by atoms with Crippen LogP contribution < -0.4 is 11.1 Å². The van der Waals surface area contributed by atoms with E-state index in [-0.39, 0.29) is 24.4 Å². The van der Waals surface area contributed by atoms with Crippen molar-refractivity contribution in [2.75, 3.05) is 26.0 Å². The van der Waals surface area contributed by atoms with Gasteiger partial charge in [0.15, 0.2) is 11.4 Å². The van der Waals surface area contributed by atoms with Crippen LogP contribution in [0.25, 0.3) is 0 Å². The van der Waals surface area contributed by atoms with Crippen molar-refractivity contribution in [2.24, 2.45) is 23.5 Å². The van der Waals surface area contributed by atoms with Gasteiger partial charge < -0.3 is 31.5 Å². The summed E-state index contributed by atoms with van der Waals surface area (Å²) in [5.74, 6) is -8.03. The number of carbonyl (C=O) groups is 3. The zero-order valence-corrected chi connectivity index (χ0v) is 24.2. The standard InChI is InChI=1S/C25H30N4O9.H2O4S/c1-9(2)8-27-13-7-14(29(37)38)19(30)16-11(13)5-10-6-12-18(28(3)4)21(32)17(24(26)35)23(34)25(12,36)22(33)15(10)20(16)31;1-5(2,3)4/h7,9-10,12,18,27,30,32-33,36H,5-6,8H2,1-4H3,(H2,26,35);(H2,1,2,3,4)/t10?,12?,18-,25-;/m0./s1. The first-order valence-electron chi connectivity index (χ1n) is 12.8. The van der Waals surface area contributed by atoms with Crippen LogP contribution in [0.3, 0.4) is 0 Å². The van der Waals surface area contributed by atoms with E-state index in [9.17, 15) is 44.9 Å². The second-order valence-electron chi connectivity index (χ2n) is 11.1. The molecule has 1 aromatic carbocycles. The van der Waals surface area contributed by atoms with Crippen LogP contribution in [0.2, 0.25) is 0 Å². The molecule has 9 N–H and O–H groups in total. The molecule has 18 heteroatoms. The number of Topliss-reactive ketones (excluding diaryl/α,β-unsaturated/α-hetero) is 2. The van der Waals surface area contributed by atoms with Gasteiger partial charge in [0, 0.05) is 29.8 Å². The Hall–Kier alpha value is -4.10. The summed E-state index contributed by atoms with van der Waals surface area (Å²) in [6, 6.07) is 0.0436. The van der Waals surface area contributed by atoms with Gasteiger partial charge in [-0.15, -0.1) is 0 Å². The number of rotatable bonds is 6. The summed E-state index contributed by atoms with van der Waals surface area (Å²) < 4.78 is 31.6. The maximum Gasteiger partial charge on any atom is 0.394 e. The molecule has 0 aliphatic heterocycles. The quantitative estimate of drug-likeness (QED) is 0.0697. The zero-order valence-electron chi connectivity index (χ0n) is 23.4. The van der Waals surface area contributed by atoms with Gasteiger partial charge in [-0.25, -0.2) is 0 Å². The molecule has 1 amide bonds. The molecule has 3 aliphatic rings. The predicted octanol–water partition coefficient (Wildman–Crippen LogP) is 0.444. The fraction of sp³-hybridized carbons (Fsp3) is 0.480. The van der Waals surface area contributed by atoms with Gasteiger partial charge in [0.2, 0.25) is 11.5 Å². The maximum atomic E-state index is 13.8. The van der Waals surface area contributed by atoms with Gasteiger partial charge in [0.05, 0.1) is 16.5 Å². The Bertz CT molecular complexity index is 1570. The van der Waals surface area contributed by atoms with E-state index in [0.717, 1.165) is 6.07 Å². The fourth-order valence-electron chi connectivity index (χ4n) is 5.92. The number of nitrogens with one attached hydrogen (secondary N) is 1. The van der Waals surface area contributed by atoms with Gasteiger partial charge in [0.25, 0.3) is 5.91 Å². The van der Waals surface area contributed by atoms with Crippen molar-refractivity contribution >= 4 is 39.2 Å². The highest BCUT2D eigenvalue weighted by Gasteiger charge is 2.63. The Morgan fingerprint density at radius 2 is 1.79 bits per heavy atom. The molecule has 2 unspecified atom stereocenters. The van der Waals surface area contributed by atoms with E-state index in [1.54, 1.807) is 14.1 Å². The number of likely N-dealkylation sites (N-methyl/N-ethyl adjacent to an activating group) is 1. The monoisotopic (exact) mass is 628 g/mol. The van der Waals surface area contributed by atoms with Crippen molar-refractivity contribution in [2.45, 2.75) is 38.3 Å². The van der Waals surface area contributed by atoms with Crippen molar-refractivity contribution in [1.82, 2.24) is 4.90 Å². The molecule has 0 heterocycles. The smallest absolute Gasteiger partial charge is 0.394 e. The number of carbonyl (C=O) groups excluding carboxylic acids is 3. The highest BCUT2D eigenvalue weighted by atomic mass is 32.3. The molecule has 43 heavy (non-hydrogen) atoms. The minimum absolute atomic E-state index is 0.0283. The first kappa shape index (κ1) is 33.4. The van der Waals surface area contributed by atoms with E-state index in [1.807, 2.05) is 13.8 Å². The summed E-state index contributed by atoms with van der Waals surface area (Å²) in [5.41, 5.74) is 0.688. The van der Waals surface area contributed by atoms with E-state index in [4.69, 9.17) is 23.3 Å². The van der Waals surface area contributed by atoms with Crippen LogP contribution >= 0.6 is 0 Å². The summed E-state index contributed by atoms with van der Waals surface area (Å²) in [6.45, 7) is 4.25. The zero-order chi connectivity index (χ0) is 32.9. The van der Waals surface area contributed by atoms with Crippen LogP contribution in [-0.4, -0.2) is 97.5 Å². The van der Waals surface area contributed by atoms with Crippen LogP contribution in [0.5, 0.6) is 5.75 Å². The van der Waals surface area contributed by atoms with Crippen LogP contribution in [0.4, 0.5) is 11.4 Å². The number of nitro groups is 1. The van der Waals surface area contributed by atoms with Gasteiger partial charge >= 0.3 is 16.1 Å². The number of nitrogens with two attached hydrogens (primary N) is 1. The van der Waals surface area contributed by atoms with Gasteiger partial charge in [-0.1, -0.05) is 13.8 Å². The van der Waals surface area contributed by atoms with Crippen molar-refractivity contribution < 1.29 is 57.3 Å². The van der Waals surface area contributed by atoms with Gasteiger partial charge in [-0.05, 0) is 44.3 Å². The lowest BCUT2D eigenvalue weighted by molar-refractivity contribution is -0.385. The van der Waals surface area contributed by atoms with E-state index in [1.165, 1.54) is 4.90 Å². The lowest BCUT2D eigenvalue weighted by Crippen LogP contribution is -2.63. The molecule has 1 aromatic rings. The third kappa shape index (κ3) is 5.91. The molecule has 0 spiro atoms. The van der Waals surface area contributed by atoms with Crippen LogP contribution in [0.15, 0.2) is 28.7 Å². The highest BCUT2D eigenvalue weighted by Crippen LogP contribution is 2.53. The van der Waals surface area contributed by atoms with Crippen molar-refractivity contribution in [3.63, 3.8) is 0 Å². The second-order valence-corrected chi connectivity index (χ2v) is 12.0. The van der Waals surface area contributed by atoms with Crippen LogP contribution in [0.1, 0.15) is 36.2 Å². The van der Waals surface area contributed by atoms with E-state index >= 15 is 0 Å². The molecule has 0 fully saturated rings. The maximum absolute atomic E-state index is 13.8. The molecule has 0 saturated heterocycles.